The molecule has 2 atom stereocenters. The minimum Gasteiger partial charge on any atom is -0.379 e. The van der Waals surface area contributed by atoms with Crippen LogP contribution in [0.2, 0.25) is 0 Å². The second-order valence-corrected chi connectivity index (χ2v) is 9.30. The van der Waals surface area contributed by atoms with Gasteiger partial charge in [-0.15, -0.1) is 0 Å². The molecule has 6 nitrogen and oxygen atoms in total. The third kappa shape index (κ3) is 4.64. The Hall–Kier alpha value is -1.96. The fourth-order valence-electron chi connectivity index (χ4n) is 5.00. The molecule has 2 saturated heterocycles. The van der Waals surface area contributed by atoms with Gasteiger partial charge in [-0.1, -0.05) is 6.07 Å². The molecule has 2 fully saturated rings. The predicted molar refractivity (Wildman–Crippen MR) is 128 cm³/mol. The first-order valence-corrected chi connectivity index (χ1v) is 11.8. The maximum Gasteiger partial charge on any atom is 0.170 e. The van der Waals surface area contributed by atoms with E-state index in [1.807, 2.05) is 12.3 Å². The molecule has 2 aromatic heterocycles. The van der Waals surface area contributed by atoms with Crippen LogP contribution in [0.4, 0.5) is 0 Å². The van der Waals surface area contributed by atoms with Gasteiger partial charge >= 0.3 is 0 Å². The Labute approximate surface area is 191 Å². The van der Waals surface area contributed by atoms with E-state index in [0.29, 0.717) is 6.04 Å². The number of aryl methyl sites for hydroxylation is 1. The molecule has 0 bridgehead atoms. The van der Waals surface area contributed by atoms with Crippen LogP contribution in [-0.4, -0.2) is 63.4 Å². The van der Waals surface area contributed by atoms with Crippen molar-refractivity contribution in [2.45, 2.75) is 58.8 Å². The lowest BCUT2D eigenvalue weighted by molar-refractivity contribution is 0.0369. The molecule has 168 valence electrons. The van der Waals surface area contributed by atoms with Gasteiger partial charge < -0.3 is 19.5 Å². The van der Waals surface area contributed by atoms with Crippen molar-refractivity contribution in [3.63, 3.8) is 0 Å². The van der Waals surface area contributed by atoms with Crippen LogP contribution in [0.15, 0.2) is 30.5 Å². The van der Waals surface area contributed by atoms with Crippen molar-refractivity contribution in [1.82, 2.24) is 24.7 Å². The van der Waals surface area contributed by atoms with Crippen molar-refractivity contribution in [2.24, 2.45) is 0 Å². The van der Waals surface area contributed by atoms with Gasteiger partial charge in [0.2, 0.25) is 0 Å². The quantitative estimate of drug-likeness (QED) is 0.663. The first-order chi connectivity index (χ1) is 15.0. The molecule has 0 radical (unpaired) electrons. The van der Waals surface area contributed by atoms with Gasteiger partial charge in [-0.2, -0.15) is 0 Å². The predicted octanol–water partition coefficient (Wildman–Crippen LogP) is 3.60. The minimum atomic E-state index is 0.0541. The summed E-state index contributed by atoms with van der Waals surface area (Å²) >= 11 is 5.76. The van der Waals surface area contributed by atoms with Crippen LogP contribution >= 0.6 is 12.2 Å². The number of nitrogens with zero attached hydrogens (tertiary/aromatic N) is 4. The Kier molecular flexibility index (Phi) is 6.94. The summed E-state index contributed by atoms with van der Waals surface area (Å²) in [5, 5.41) is 4.37. The van der Waals surface area contributed by atoms with Crippen molar-refractivity contribution in [1.29, 1.82) is 0 Å². The highest BCUT2D eigenvalue weighted by Gasteiger charge is 2.42. The average molecular weight is 442 g/mol. The van der Waals surface area contributed by atoms with Crippen LogP contribution in [-0.2, 0) is 11.3 Å². The molecule has 7 heteroatoms. The molecule has 2 aromatic rings. The van der Waals surface area contributed by atoms with E-state index < -0.39 is 0 Å². The van der Waals surface area contributed by atoms with E-state index >= 15 is 0 Å². The number of hydrogen-bond donors (Lipinski definition) is 1. The zero-order chi connectivity index (χ0) is 22.0. The van der Waals surface area contributed by atoms with Gasteiger partial charge in [0.15, 0.2) is 5.11 Å². The smallest absolute Gasteiger partial charge is 0.170 e. The molecule has 2 aliphatic heterocycles. The van der Waals surface area contributed by atoms with E-state index in [9.17, 15) is 0 Å². The second-order valence-electron chi connectivity index (χ2n) is 8.91. The molecule has 31 heavy (non-hydrogen) atoms. The molecule has 1 N–H and O–H groups in total. The maximum absolute atomic E-state index is 5.76. The third-order valence-corrected chi connectivity index (χ3v) is 6.91. The molecular formula is C24H35N5OS. The van der Waals surface area contributed by atoms with Crippen molar-refractivity contribution in [3.05, 3.63) is 53.1 Å². The molecule has 2 aliphatic rings. The summed E-state index contributed by atoms with van der Waals surface area (Å²) in [6, 6.07) is 8.97. The normalized spacial score (nSPS) is 22.4. The topological polar surface area (TPSA) is 45.6 Å². The summed E-state index contributed by atoms with van der Waals surface area (Å²) in [6.07, 6.45) is 3.01. The average Bonchev–Trinajstić information content (AvgIpc) is 3.26. The van der Waals surface area contributed by atoms with Crippen molar-refractivity contribution >= 4 is 17.3 Å². The van der Waals surface area contributed by atoms with Gasteiger partial charge in [-0.05, 0) is 70.1 Å². The van der Waals surface area contributed by atoms with Crippen molar-refractivity contribution in [3.8, 4) is 0 Å². The van der Waals surface area contributed by atoms with Gasteiger partial charge in [-0.25, -0.2) is 0 Å². The van der Waals surface area contributed by atoms with Crippen LogP contribution in [0.3, 0.4) is 0 Å². The Bertz CT molecular complexity index is 891. The fraction of sp³-hybridized carbons (Fsp3) is 0.583. The Morgan fingerprint density at radius 3 is 2.65 bits per heavy atom. The molecule has 0 saturated carbocycles. The van der Waals surface area contributed by atoms with E-state index in [-0.39, 0.29) is 12.1 Å². The number of ether oxygens (including phenoxy) is 1. The molecule has 4 heterocycles. The van der Waals surface area contributed by atoms with Gasteiger partial charge in [-0.3, -0.25) is 9.88 Å². The van der Waals surface area contributed by atoms with Crippen molar-refractivity contribution < 1.29 is 4.74 Å². The molecule has 2 unspecified atom stereocenters. The van der Waals surface area contributed by atoms with Gasteiger partial charge in [0.25, 0.3) is 0 Å². The molecule has 0 spiro atoms. The zero-order valence-corrected chi connectivity index (χ0v) is 20.0. The summed E-state index contributed by atoms with van der Waals surface area (Å²) in [7, 11) is 0. The SMILES string of the molecule is Cc1cc(C2C(c3ccccn3)NC(=S)N2C(C)C)c(C)n1CCCN1CCOCC1. The summed E-state index contributed by atoms with van der Waals surface area (Å²) in [5.41, 5.74) is 5.04. The lowest BCUT2D eigenvalue weighted by atomic mass is 9.96. The number of nitrogens with one attached hydrogen (secondary N) is 1. The monoisotopic (exact) mass is 441 g/mol. The third-order valence-electron chi connectivity index (χ3n) is 6.58. The van der Waals surface area contributed by atoms with Crippen LogP contribution in [0, 0.1) is 13.8 Å². The van der Waals surface area contributed by atoms with Crippen LogP contribution in [0.1, 0.15) is 55.0 Å². The first kappa shape index (κ1) is 22.2. The van der Waals surface area contributed by atoms with Gasteiger partial charge in [0, 0.05) is 49.8 Å². The first-order valence-electron chi connectivity index (χ1n) is 11.4. The number of morpholine rings is 1. The number of pyridine rings is 1. The standard InChI is InChI=1S/C24H35N5OS/c1-17(2)29-23(22(26-24(29)31)21-8-5-6-9-25-21)20-16-18(3)28(19(20)4)11-7-10-27-12-14-30-15-13-27/h5-6,8-9,16-17,22-23H,7,10-15H2,1-4H3,(H,26,31). The largest absolute Gasteiger partial charge is 0.379 e. The molecule has 0 amide bonds. The van der Waals surface area contributed by atoms with E-state index in [2.05, 4.69) is 70.6 Å². The lowest BCUT2D eigenvalue weighted by Crippen LogP contribution is -2.37. The van der Waals surface area contributed by atoms with E-state index in [4.69, 9.17) is 17.0 Å². The highest BCUT2D eigenvalue weighted by molar-refractivity contribution is 7.80. The lowest BCUT2D eigenvalue weighted by Gasteiger charge is -2.31. The number of thiocarbonyl (C=S) groups is 1. The Morgan fingerprint density at radius 1 is 1.19 bits per heavy atom. The maximum atomic E-state index is 5.76. The second kappa shape index (κ2) is 9.67. The number of aromatic nitrogens is 2. The molecule has 4 rings (SSSR count). The fourth-order valence-corrected chi connectivity index (χ4v) is 5.45. The van der Waals surface area contributed by atoms with Crippen LogP contribution < -0.4 is 5.32 Å². The number of hydrogen-bond acceptors (Lipinski definition) is 4. The highest BCUT2D eigenvalue weighted by Crippen LogP contribution is 2.41. The summed E-state index contributed by atoms with van der Waals surface area (Å²) in [4.78, 5) is 9.50. The molecule has 0 aliphatic carbocycles. The van der Waals surface area contributed by atoms with Gasteiger partial charge in [0.05, 0.1) is 31.0 Å². The summed E-state index contributed by atoms with van der Waals surface area (Å²) in [6.45, 7) is 14.9. The summed E-state index contributed by atoms with van der Waals surface area (Å²) in [5.74, 6) is 0. The van der Waals surface area contributed by atoms with Gasteiger partial charge in [0.1, 0.15) is 0 Å². The minimum absolute atomic E-state index is 0.0541. The molecular weight excluding hydrogens is 406 g/mol. The van der Waals surface area contributed by atoms with Crippen molar-refractivity contribution in [2.75, 3.05) is 32.8 Å². The van der Waals surface area contributed by atoms with Crippen LogP contribution in [0.5, 0.6) is 0 Å². The number of rotatable bonds is 7. The van der Waals surface area contributed by atoms with E-state index in [0.717, 1.165) is 56.6 Å². The molecule has 0 aromatic carbocycles. The Balaban J connectivity index is 1.58. The Morgan fingerprint density at radius 2 is 1.97 bits per heavy atom. The van der Waals surface area contributed by atoms with Crippen LogP contribution in [0.25, 0.3) is 0 Å². The van der Waals surface area contributed by atoms with E-state index in [1.165, 1.54) is 17.0 Å². The highest BCUT2D eigenvalue weighted by atomic mass is 32.1. The zero-order valence-electron chi connectivity index (χ0n) is 19.2. The summed E-state index contributed by atoms with van der Waals surface area (Å²) < 4.78 is 7.95. The van der Waals surface area contributed by atoms with E-state index in [1.54, 1.807) is 0 Å².